The lowest BCUT2D eigenvalue weighted by Crippen LogP contribution is -2.24. The maximum Gasteiger partial charge on any atom is 0.256 e. The van der Waals surface area contributed by atoms with Crippen molar-refractivity contribution in [3.63, 3.8) is 0 Å². The molecule has 0 N–H and O–H groups in total. The highest BCUT2D eigenvalue weighted by Gasteiger charge is 2.29. The molecule has 0 radical (unpaired) electrons. The van der Waals surface area contributed by atoms with Crippen LogP contribution >= 0.6 is 0 Å². The van der Waals surface area contributed by atoms with Gasteiger partial charge >= 0.3 is 0 Å². The third-order valence-corrected chi connectivity index (χ3v) is 5.25. The van der Waals surface area contributed by atoms with E-state index in [-0.39, 0.29) is 35.6 Å². The molecule has 30 heavy (non-hydrogen) atoms. The predicted octanol–water partition coefficient (Wildman–Crippen LogP) is 4.21. The zero-order valence-corrected chi connectivity index (χ0v) is 15.9. The summed E-state index contributed by atoms with van der Waals surface area (Å²) in [7, 11) is 1.67. The molecule has 0 unspecified atom stereocenters. The largest absolute Gasteiger partial charge is 0.328 e. The Bertz CT molecular complexity index is 1310. The molecule has 2 aromatic heterocycles. The normalized spacial score (nSPS) is 13.3. The second-order valence-corrected chi connectivity index (χ2v) is 7.28. The Labute approximate surface area is 169 Å². The lowest BCUT2D eigenvalue weighted by Gasteiger charge is -2.17. The van der Waals surface area contributed by atoms with Crippen molar-refractivity contribution >= 4 is 16.8 Å². The molecule has 0 saturated carbocycles. The first-order valence-corrected chi connectivity index (χ1v) is 9.25. The average Bonchev–Trinajstić information content (AvgIpc) is 3.24. The second-order valence-electron chi connectivity index (χ2n) is 7.28. The number of benzene rings is 2. The summed E-state index contributed by atoms with van der Waals surface area (Å²) < 4.78 is 45.5. The van der Waals surface area contributed by atoms with E-state index in [4.69, 9.17) is 0 Å². The summed E-state index contributed by atoms with van der Waals surface area (Å²) in [5.41, 5.74) is 1.54. The lowest BCUT2D eigenvalue weighted by atomic mass is 10.0. The second kappa shape index (κ2) is 6.69. The fourth-order valence-electron chi connectivity index (χ4n) is 3.80. The molecule has 1 amide bonds. The van der Waals surface area contributed by atoms with Crippen LogP contribution in [0.5, 0.6) is 0 Å². The first-order chi connectivity index (χ1) is 14.4. The van der Waals surface area contributed by atoms with Gasteiger partial charge in [0.05, 0.1) is 24.3 Å². The van der Waals surface area contributed by atoms with Gasteiger partial charge in [-0.3, -0.25) is 14.5 Å². The third kappa shape index (κ3) is 2.92. The third-order valence-electron chi connectivity index (χ3n) is 5.25. The monoisotopic (exact) mass is 408 g/mol. The molecular weight excluding hydrogens is 393 g/mol. The van der Waals surface area contributed by atoms with Crippen LogP contribution in [0.1, 0.15) is 21.6 Å². The highest BCUT2D eigenvalue weighted by atomic mass is 19.1. The summed E-state index contributed by atoms with van der Waals surface area (Å²) in [5.74, 6) is -2.48. The molecule has 0 atom stereocenters. The summed E-state index contributed by atoms with van der Waals surface area (Å²) in [4.78, 5) is 18.0. The number of nitrogens with zero attached hydrogens (tertiary/aromatic N) is 4. The van der Waals surface area contributed by atoms with Crippen LogP contribution in [0.25, 0.3) is 22.0 Å². The van der Waals surface area contributed by atoms with Gasteiger partial charge in [-0.1, -0.05) is 0 Å². The van der Waals surface area contributed by atoms with E-state index in [1.807, 2.05) is 0 Å². The molecule has 0 fully saturated rings. The van der Waals surface area contributed by atoms with Gasteiger partial charge in [0.1, 0.15) is 17.2 Å². The van der Waals surface area contributed by atoms with Crippen molar-refractivity contribution in [2.24, 2.45) is 7.05 Å². The van der Waals surface area contributed by atoms with Gasteiger partial charge in [0.2, 0.25) is 0 Å². The standard InChI is InChI=1S/C22H15F3N4O/c1-28-9-14-5-12(8-19(25)21(14)27-28)13-6-17(23)16(18(24)7-13)10-29-11-20-15(22(29)30)3-2-4-26-20/h2-9H,10-11H2,1H3. The highest BCUT2D eigenvalue weighted by molar-refractivity contribution is 5.97. The molecule has 0 spiro atoms. The minimum absolute atomic E-state index is 0.193. The minimum Gasteiger partial charge on any atom is -0.328 e. The van der Waals surface area contributed by atoms with Gasteiger partial charge in [0.15, 0.2) is 5.82 Å². The van der Waals surface area contributed by atoms with Crippen molar-refractivity contribution in [2.75, 3.05) is 0 Å². The molecule has 3 heterocycles. The van der Waals surface area contributed by atoms with Gasteiger partial charge in [-0.2, -0.15) is 5.10 Å². The van der Waals surface area contributed by atoms with Crippen molar-refractivity contribution in [2.45, 2.75) is 13.1 Å². The van der Waals surface area contributed by atoms with Crippen LogP contribution in [-0.2, 0) is 20.1 Å². The molecule has 0 saturated heterocycles. The Balaban J connectivity index is 1.48. The Hall–Kier alpha value is -3.68. The fourth-order valence-corrected chi connectivity index (χ4v) is 3.80. The molecule has 5 rings (SSSR count). The number of hydrogen-bond donors (Lipinski definition) is 0. The number of pyridine rings is 1. The van der Waals surface area contributed by atoms with Crippen LogP contribution in [-0.4, -0.2) is 25.6 Å². The van der Waals surface area contributed by atoms with Gasteiger partial charge in [-0.25, -0.2) is 13.2 Å². The Morgan fingerprint density at radius 2 is 1.73 bits per heavy atom. The summed E-state index contributed by atoms with van der Waals surface area (Å²) in [6.07, 6.45) is 3.21. The van der Waals surface area contributed by atoms with Crippen molar-refractivity contribution < 1.29 is 18.0 Å². The smallest absolute Gasteiger partial charge is 0.256 e. The van der Waals surface area contributed by atoms with Crippen molar-refractivity contribution in [3.05, 3.63) is 83.1 Å². The van der Waals surface area contributed by atoms with Gasteiger partial charge in [0, 0.05) is 30.4 Å². The van der Waals surface area contributed by atoms with E-state index in [1.54, 1.807) is 37.6 Å². The van der Waals surface area contributed by atoms with Gasteiger partial charge < -0.3 is 4.90 Å². The number of rotatable bonds is 3. The summed E-state index contributed by atoms with van der Waals surface area (Å²) in [6, 6.07) is 8.43. The topological polar surface area (TPSA) is 51.0 Å². The van der Waals surface area contributed by atoms with E-state index in [0.29, 0.717) is 22.2 Å². The lowest BCUT2D eigenvalue weighted by molar-refractivity contribution is 0.0763. The molecular formula is C22H15F3N4O. The van der Waals surface area contributed by atoms with E-state index in [2.05, 4.69) is 10.1 Å². The minimum atomic E-state index is -0.798. The van der Waals surface area contributed by atoms with Gasteiger partial charge in [-0.05, 0) is 47.5 Å². The van der Waals surface area contributed by atoms with Crippen LogP contribution in [0.4, 0.5) is 13.2 Å². The number of fused-ring (bicyclic) bond motifs is 2. The average molecular weight is 408 g/mol. The summed E-state index contributed by atoms with van der Waals surface area (Å²) >= 11 is 0. The van der Waals surface area contributed by atoms with Crippen molar-refractivity contribution in [1.82, 2.24) is 19.7 Å². The summed E-state index contributed by atoms with van der Waals surface area (Å²) in [5, 5.41) is 4.56. The van der Waals surface area contributed by atoms with Crippen LogP contribution in [0.3, 0.4) is 0 Å². The van der Waals surface area contributed by atoms with E-state index in [1.165, 1.54) is 15.6 Å². The van der Waals surface area contributed by atoms with Crippen LogP contribution < -0.4 is 0 Å². The number of hydrogen-bond acceptors (Lipinski definition) is 3. The maximum absolute atomic E-state index is 14.8. The maximum atomic E-state index is 14.8. The first kappa shape index (κ1) is 18.4. The fraction of sp³-hybridized carbons (Fsp3) is 0.136. The summed E-state index contributed by atoms with van der Waals surface area (Å²) in [6.45, 7) is -0.0261. The van der Waals surface area contributed by atoms with Crippen LogP contribution in [0, 0.1) is 17.5 Å². The van der Waals surface area contributed by atoms with E-state index in [9.17, 15) is 18.0 Å². The number of halogens is 3. The van der Waals surface area contributed by atoms with Gasteiger partial charge in [0.25, 0.3) is 5.91 Å². The van der Waals surface area contributed by atoms with Crippen molar-refractivity contribution in [3.8, 4) is 11.1 Å². The molecule has 0 bridgehead atoms. The van der Waals surface area contributed by atoms with Crippen LogP contribution in [0.15, 0.2) is 48.8 Å². The Morgan fingerprint density at radius 3 is 2.47 bits per heavy atom. The number of aryl methyl sites for hydroxylation is 1. The predicted molar refractivity (Wildman–Crippen MR) is 104 cm³/mol. The molecule has 2 aromatic carbocycles. The van der Waals surface area contributed by atoms with Crippen molar-refractivity contribution in [1.29, 1.82) is 0 Å². The molecule has 5 nitrogen and oxygen atoms in total. The number of carbonyl (C=O) groups is 1. The van der Waals surface area contributed by atoms with E-state index >= 15 is 0 Å². The molecule has 8 heteroatoms. The SMILES string of the molecule is Cn1cc2cc(-c3cc(F)c(CN4Cc5ncccc5C4=O)c(F)c3)cc(F)c2n1. The quantitative estimate of drug-likeness (QED) is 0.510. The molecule has 0 aliphatic carbocycles. The molecule has 1 aliphatic rings. The molecule has 4 aromatic rings. The first-order valence-electron chi connectivity index (χ1n) is 9.25. The van der Waals surface area contributed by atoms with Crippen LogP contribution in [0.2, 0.25) is 0 Å². The number of carbonyl (C=O) groups excluding carboxylic acids is 1. The van der Waals surface area contributed by atoms with Gasteiger partial charge in [-0.15, -0.1) is 0 Å². The Kier molecular flexibility index (Phi) is 4.09. The zero-order valence-electron chi connectivity index (χ0n) is 15.9. The number of amides is 1. The van der Waals surface area contributed by atoms with E-state index in [0.717, 1.165) is 12.1 Å². The zero-order chi connectivity index (χ0) is 21.0. The Morgan fingerprint density at radius 1 is 1.03 bits per heavy atom. The highest BCUT2D eigenvalue weighted by Crippen LogP contribution is 2.30. The molecule has 150 valence electrons. The van der Waals surface area contributed by atoms with E-state index < -0.39 is 17.5 Å². The molecule has 1 aliphatic heterocycles. The number of aromatic nitrogens is 3.